The number of hydrogen-bond donors (Lipinski definition) is 0. The molecule has 0 aliphatic carbocycles. The molecule has 0 atom stereocenters. The van der Waals surface area contributed by atoms with Crippen LogP contribution in [0.5, 0.6) is 0 Å². The third-order valence-electron chi connectivity index (χ3n) is 0. The van der Waals surface area contributed by atoms with Crippen molar-refractivity contribution in [3.8, 4) is 0 Å². The summed E-state index contributed by atoms with van der Waals surface area (Å²) in [6.07, 6.45) is 0. The third-order valence-corrected chi connectivity index (χ3v) is 0. The molecular weight excluding hydrogens is 83.3 g/mol. The van der Waals surface area contributed by atoms with Crippen LogP contribution >= 0.6 is 0 Å². The summed E-state index contributed by atoms with van der Waals surface area (Å²) < 4.78 is 0. The molecule has 2 N–H and O–H groups in total. The first-order valence-electron chi connectivity index (χ1n) is 0. The average molecular weight is 85.3 g/mol. The second kappa shape index (κ2) is 29.4. The summed E-state index contributed by atoms with van der Waals surface area (Å²) in [6, 6.07) is 0. The molecule has 0 heterocycles. The van der Waals surface area contributed by atoms with Gasteiger partial charge in [-0.3, -0.25) is 0 Å². The molecule has 0 fully saturated rings. The molecule has 4 heavy (non-hydrogen) atoms. The van der Waals surface area contributed by atoms with Crippen LogP contribution in [0.15, 0.2) is 0 Å². The van der Waals surface area contributed by atoms with E-state index >= 15 is 0 Å². The maximum Gasteiger partial charge on any atom is 3.00 e. The Hall–Kier alpha value is 1.22. The molecule has 0 radical (unpaired) electrons. The minimum Gasteiger partial charge on any atom is -2.00 e. The fourth-order valence-corrected chi connectivity index (χ4v) is 0. The first-order chi connectivity index (χ1) is 0. The van der Waals surface area contributed by atoms with Gasteiger partial charge < -0.3 is 11.0 Å². The molecule has 0 amide bonds. The molecule has 0 saturated carbocycles. The second-order valence-electron chi connectivity index (χ2n) is 0. The standard InChI is InChI=1S/Al.Mg.H2O.O/h;;1H2;/q+3;+2;;-2. The summed E-state index contributed by atoms with van der Waals surface area (Å²) in [5.41, 5.74) is 0. The summed E-state index contributed by atoms with van der Waals surface area (Å²) in [5.74, 6) is 0. The van der Waals surface area contributed by atoms with E-state index in [4.69, 9.17) is 0 Å². The van der Waals surface area contributed by atoms with Gasteiger partial charge in [-0.25, -0.2) is 0 Å². The largest absolute Gasteiger partial charge is 3.00 e. The van der Waals surface area contributed by atoms with Gasteiger partial charge >= 0.3 is 40.4 Å². The fourth-order valence-electron chi connectivity index (χ4n) is 0. The van der Waals surface area contributed by atoms with Crippen LogP contribution in [0, 0.1) is 0 Å². The van der Waals surface area contributed by atoms with E-state index in [2.05, 4.69) is 0 Å². The van der Waals surface area contributed by atoms with Gasteiger partial charge in [0.25, 0.3) is 0 Å². The van der Waals surface area contributed by atoms with Gasteiger partial charge in [-0.05, 0) is 0 Å². The SMILES string of the molecule is O.[Al+3].[Mg+2].[O-2]. The summed E-state index contributed by atoms with van der Waals surface area (Å²) in [6.45, 7) is 0. The van der Waals surface area contributed by atoms with Crippen LogP contribution in [0.4, 0.5) is 0 Å². The Balaban J connectivity index is 0. The van der Waals surface area contributed by atoms with Crippen molar-refractivity contribution in [2.45, 2.75) is 0 Å². The van der Waals surface area contributed by atoms with Crippen molar-refractivity contribution >= 4 is 40.4 Å². The predicted octanol–water partition coefficient (Wildman–Crippen LogP) is -1.71. The zero-order chi connectivity index (χ0) is 0. The first kappa shape index (κ1) is 62.5. The van der Waals surface area contributed by atoms with Crippen LogP contribution in [0.2, 0.25) is 0 Å². The Morgan fingerprint density at radius 3 is 1.00 bits per heavy atom. The van der Waals surface area contributed by atoms with Gasteiger partial charge in [0.2, 0.25) is 0 Å². The molecule has 0 bridgehead atoms. The van der Waals surface area contributed by atoms with E-state index in [0.29, 0.717) is 0 Å². The second-order valence-corrected chi connectivity index (χ2v) is 0. The smallest absolute Gasteiger partial charge is 2.00 e. The Kier molecular flexibility index (Phi) is 460. The minimum absolute atomic E-state index is 0. The van der Waals surface area contributed by atoms with Crippen molar-refractivity contribution in [1.82, 2.24) is 0 Å². The van der Waals surface area contributed by atoms with Crippen molar-refractivity contribution in [1.29, 1.82) is 0 Å². The molecule has 4 heteroatoms. The minimum atomic E-state index is 0. The Bertz CT molecular complexity index is 6.00. The molecule has 0 spiro atoms. The molecule has 0 aromatic rings. The van der Waals surface area contributed by atoms with Gasteiger partial charge in [0.1, 0.15) is 0 Å². The molecule has 0 aliphatic heterocycles. The Morgan fingerprint density at radius 1 is 1.00 bits per heavy atom. The van der Waals surface area contributed by atoms with Gasteiger partial charge in [-0.15, -0.1) is 0 Å². The van der Waals surface area contributed by atoms with Crippen molar-refractivity contribution in [3.63, 3.8) is 0 Å². The van der Waals surface area contributed by atoms with Gasteiger partial charge in [-0.2, -0.15) is 0 Å². The van der Waals surface area contributed by atoms with Gasteiger partial charge in [0, 0.05) is 0 Å². The van der Waals surface area contributed by atoms with Crippen molar-refractivity contribution < 1.29 is 11.0 Å². The molecule has 2 nitrogen and oxygen atoms in total. The van der Waals surface area contributed by atoms with E-state index in [1.54, 1.807) is 0 Å². The molecule has 0 saturated heterocycles. The maximum atomic E-state index is 0. The maximum absolute atomic E-state index is 0. The van der Waals surface area contributed by atoms with E-state index in [9.17, 15) is 0 Å². The first-order valence-corrected chi connectivity index (χ1v) is 0. The van der Waals surface area contributed by atoms with E-state index in [1.807, 2.05) is 0 Å². The van der Waals surface area contributed by atoms with Crippen LogP contribution < -0.4 is 0 Å². The van der Waals surface area contributed by atoms with Crippen LogP contribution in [-0.2, 0) is 5.48 Å². The van der Waals surface area contributed by atoms with Crippen molar-refractivity contribution in [2.24, 2.45) is 0 Å². The summed E-state index contributed by atoms with van der Waals surface area (Å²) in [5, 5.41) is 0. The third kappa shape index (κ3) is 10.7. The molecular formula is H2AlMgO2+3. The normalized spacial score (nSPS) is 0. The molecule has 0 aliphatic rings. The van der Waals surface area contributed by atoms with E-state index in [-0.39, 0.29) is 51.4 Å². The van der Waals surface area contributed by atoms with Crippen LogP contribution in [-0.4, -0.2) is 45.9 Å². The van der Waals surface area contributed by atoms with Crippen LogP contribution in [0.25, 0.3) is 0 Å². The molecule has 0 rings (SSSR count). The predicted molar refractivity (Wildman–Crippen MR) is 15.8 cm³/mol. The number of hydrogen-bond acceptors (Lipinski definition) is 0. The molecule has 16 valence electrons. The van der Waals surface area contributed by atoms with Gasteiger partial charge in [-0.1, -0.05) is 0 Å². The topological polar surface area (TPSA) is 60.0 Å². The van der Waals surface area contributed by atoms with E-state index < -0.39 is 0 Å². The molecule has 0 aromatic heterocycles. The Morgan fingerprint density at radius 2 is 1.00 bits per heavy atom. The average Bonchev–Trinajstić information content (AvgIpc) is 0. The van der Waals surface area contributed by atoms with Crippen molar-refractivity contribution in [2.75, 3.05) is 0 Å². The zero-order valence-corrected chi connectivity index (χ0v) is 4.76. The summed E-state index contributed by atoms with van der Waals surface area (Å²) in [7, 11) is 0. The molecule has 0 aromatic carbocycles. The quantitative estimate of drug-likeness (QED) is 0.315. The number of rotatable bonds is 0. The summed E-state index contributed by atoms with van der Waals surface area (Å²) in [4.78, 5) is 0. The van der Waals surface area contributed by atoms with E-state index in [0.717, 1.165) is 0 Å². The van der Waals surface area contributed by atoms with E-state index in [1.165, 1.54) is 0 Å². The summed E-state index contributed by atoms with van der Waals surface area (Å²) >= 11 is 0. The monoisotopic (exact) mass is 85.0 g/mol. The van der Waals surface area contributed by atoms with Crippen LogP contribution in [0.1, 0.15) is 0 Å². The molecule has 0 unspecified atom stereocenters. The Labute approximate surface area is 51.5 Å². The fraction of sp³-hybridized carbons (Fsp3) is 0. The van der Waals surface area contributed by atoms with Gasteiger partial charge in [0.15, 0.2) is 0 Å². The zero-order valence-electron chi connectivity index (χ0n) is 2.19. The van der Waals surface area contributed by atoms with Crippen LogP contribution in [0.3, 0.4) is 0 Å². The van der Waals surface area contributed by atoms with Crippen molar-refractivity contribution in [3.05, 3.63) is 0 Å². The van der Waals surface area contributed by atoms with Gasteiger partial charge in [0.05, 0.1) is 0 Å².